The van der Waals surface area contributed by atoms with E-state index in [2.05, 4.69) is 6.07 Å². The van der Waals surface area contributed by atoms with E-state index in [1.807, 2.05) is 6.08 Å². The molecule has 0 aliphatic heterocycles. The van der Waals surface area contributed by atoms with E-state index in [0.717, 1.165) is 24.8 Å². The van der Waals surface area contributed by atoms with Crippen LogP contribution in [0.1, 0.15) is 44.9 Å². The number of nitro groups is 1. The molecule has 2 atom stereocenters. The molecule has 0 spiro atoms. The average Bonchev–Trinajstić information content (AvgIpc) is 2.47. The molecular weight excluding hydrogens is 311 g/mol. The highest BCUT2D eigenvalue weighted by Gasteiger charge is 2.33. The molecule has 4 nitrogen and oxygen atoms in total. The first-order valence-electron chi connectivity index (χ1n) is 7.56. The van der Waals surface area contributed by atoms with Gasteiger partial charge in [0.25, 0.3) is 0 Å². The second-order valence-electron chi connectivity index (χ2n) is 6.06. The van der Waals surface area contributed by atoms with Crippen LogP contribution in [0.4, 0.5) is 0 Å². The minimum absolute atomic E-state index is 0.0142. The van der Waals surface area contributed by atoms with Crippen LogP contribution in [0.15, 0.2) is 11.6 Å². The molecule has 0 radical (unpaired) electrons. The Morgan fingerprint density at radius 2 is 1.71 bits per heavy atom. The number of allylic oxidation sites excluding steroid dienone is 2. The van der Waals surface area contributed by atoms with Crippen molar-refractivity contribution in [1.29, 1.82) is 5.26 Å². The van der Waals surface area contributed by atoms with Crippen LogP contribution in [0.25, 0.3) is 0 Å². The maximum Gasteiger partial charge on any atom is 0.213 e. The van der Waals surface area contributed by atoms with E-state index >= 15 is 0 Å². The summed E-state index contributed by atoms with van der Waals surface area (Å²) >= 11 is 12.7. The molecule has 2 rings (SSSR count). The smallest absolute Gasteiger partial charge is 0.213 e. The van der Waals surface area contributed by atoms with E-state index in [4.69, 9.17) is 23.2 Å². The van der Waals surface area contributed by atoms with Gasteiger partial charge in [0.2, 0.25) is 6.04 Å². The fraction of sp³-hybridized carbons (Fsp3) is 0.800. The van der Waals surface area contributed by atoms with Crippen LogP contribution < -0.4 is 0 Å². The van der Waals surface area contributed by atoms with Crippen LogP contribution in [0, 0.1) is 33.3 Å². The van der Waals surface area contributed by atoms with E-state index < -0.39 is 6.04 Å². The summed E-state index contributed by atoms with van der Waals surface area (Å²) < 4.78 is 0. The Kier molecular flexibility index (Phi) is 5.89. The molecule has 2 saturated carbocycles. The molecule has 21 heavy (non-hydrogen) atoms. The summed E-state index contributed by atoms with van der Waals surface area (Å²) in [5, 5.41) is 20.2. The molecule has 116 valence electrons. The number of rotatable bonds is 3. The summed E-state index contributed by atoms with van der Waals surface area (Å²) in [7, 11) is 0. The fourth-order valence-corrected chi connectivity index (χ4v) is 4.28. The highest BCUT2D eigenvalue weighted by molar-refractivity contribution is 6.24. The molecule has 2 aliphatic carbocycles. The zero-order valence-electron chi connectivity index (χ0n) is 11.9. The van der Waals surface area contributed by atoms with Gasteiger partial charge >= 0.3 is 0 Å². The number of halogens is 2. The molecule has 0 bridgehead atoms. The Labute approximate surface area is 135 Å². The van der Waals surface area contributed by atoms with Crippen LogP contribution in [-0.2, 0) is 0 Å². The quantitative estimate of drug-likeness (QED) is 0.335. The van der Waals surface area contributed by atoms with E-state index in [0.29, 0.717) is 25.7 Å². The maximum atomic E-state index is 10.8. The topological polar surface area (TPSA) is 66.9 Å². The molecule has 0 aromatic heterocycles. The lowest BCUT2D eigenvalue weighted by Crippen LogP contribution is -2.30. The van der Waals surface area contributed by atoms with Gasteiger partial charge in [-0.05, 0) is 31.6 Å². The highest BCUT2D eigenvalue weighted by atomic mass is 35.5. The summed E-state index contributed by atoms with van der Waals surface area (Å²) in [5.74, 6) is 0.158. The number of nitriles is 1. The number of nitrogens with zero attached hydrogens (tertiary/aromatic N) is 2. The van der Waals surface area contributed by atoms with Gasteiger partial charge in [0, 0.05) is 40.0 Å². The van der Waals surface area contributed by atoms with Crippen molar-refractivity contribution in [2.75, 3.05) is 0 Å². The van der Waals surface area contributed by atoms with Crippen molar-refractivity contribution in [3.05, 3.63) is 21.8 Å². The van der Waals surface area contributed by atoms with Crippen molar-refractivity contribution in [3.8, 4) is 6.07 Å². The minimum atomic E-state index is -0.447. The van der Waals surface area contributed by atoms with Gasteiger partial charge in [0.1, 0.15) is 0 Å². The van der Waals surface area contributed by atoms with Crippen LogP contribution in [0.5, 0.6) is 0 Å². The van der Waals surface area contributed by atoms with E-state index in [-0.39, 0.29) is 27.5 Å². The van der Waals surface area contributed by atoms with E-state index in [1.54, 1.807) is 0 Å². The molecular formula is C15H20Cl2N2O2. The van der Waals surface area contributed by atoms with Crippen molar-refractivity contribution in [1.82, 2.24) is 0 Å². The van der Waals surface area contributed by atoms with Gasteiger partial charge in [-0.25, -0.2) is 0 Å². The van der Waals surface area contributed by atoms with Crippen molar-refractivity contribution < 1.29 is 4.92 Å². The number of hydrogen-bond donors (Lipinski definition) is 0. The average molecular weight is 331 g/mol. The van der Waals surface area contributed by atoms with Crippen LogP contribution in [0.2, 0.25) is 0 Å². The Morgan fingerprint density at radius 3 is 2.19 bits per heavy atom. The Balaban J connectivity index is 2.04. The predicted molar refractivity (Wildman–Crippen MR) is 83.1 cm³/mol. The molecule has 0 aromatic rings. The normalized spacial score (nSPS) is 35.2. The first kappa shape index (κ1) is 16.6. The van der Waals surface area contributed by atoms with Crippen LogP contribution in [0.3, 0.4) is 0 Å². The fourth-order valence-electron chi connectivity index (χ4n) is 3.40. The Morgan fingerprint density at radius 1 is 1.14 bits per heavy atom. The van der Waals surface area contributed by atoms with Crippen molar-refractivity contribution in [2.24, 2.45) is 11.8 Å². The van der Waals surface area contributed by atoms with Crippen molar-refractivity contribution in [2.45, 2.75) is 61.7 Å². The Bertz CT molecular complexity index is 443. The maximum absolute atomic E-state index is 10.8. The summed E-state index contributed by atoms with van der Waals surface area (Å²) in [6, 6.07) is 1.83. The van der Waals surface area contributed by atoms with Gasteiger partial charge < -0.3 is 0 Å². The summed E-state index contributed by atoms with van der Waals surface area (Å²) in [4.78, 5) is 10.6. The molecule has 0 unspecified atom stereocenters. The third kappa shape index (κ3) is 4.11. The van der Waals surface area contributed by atoms with Gasteiger partial charge in [-0.3, -0.25) is 10.1 Å². The van der Waals surface area contributed by atoms with Gasteiger partial charge in [-0.2, -0.15) is 5.26 Å². The Hall–Kier alpha value is -0.790. The zero-order valence-corrected chi connectivity index (χ0v) is 13.4. The van der Waals surface area contributed by atoms with E-state index in [9.17, 15) is 15.4 Å². The molecule has 2 fully saturated rings. The molecule has 6 heteroatoms. The number of hydrogen-bond acceptors (Lipinski definition) is 3. The largest absolute Gasteiger partial charge is 0.264 e. The molecule has 0 amide bonds. The predicted octanol–water partition coefficient (Wildman–Crippen LogP) is 4.29. The molecule has 0 saturated heterocycles. The third-order valence-electron chi connectivity index (χ3n) is 4.73. The SMILES string of the molecule is N#C/C(=C/C1[C@H](Cl)CCC[C@H]1Cl)C1CCC([N+](=O)[O-])CC1. The lowest BCUT2D eigenvalue weighted by molar-refractivity contribution is -0.526. The zero-order chi connectivity index (χ0) is 15.4. The highest BCUT2D eigenvalue weighted by Crippen LogP contribution is 2.37. The second kappa shape index (κ2) is 7.47. The first-order valence-corrected chi connectivity index (χ1v) is 8.43. The van der Waals surface area contributed by atoms with Crippen LogP contribution in [-0.4, -0.2) is 21.7 Å². The first-order chi connectivity index (χ1) is 10.0. The van der Waals surface area contributed by atoms with Crippen molar-refractivity contribution in [3.63, 3.8) is 0 Å². The minimum Gasteiger partial charge on any atom is -0.264 e. The summed E-state index contributed by atoms with van der Waals surface area (Å²) in [5.41, 5.74) is 0.722. The van der Waals surface area contributed by atoms with E-state index in [1.165, 1.54) is 0 Å². The molecule has 0 heterocycles. The second-order valence-corrected chi connectivity index (χ2v) is 7.19. The van der Waals surface area contributed by atoms with Crippen LogP contribution >= 0.6 is 23.2 Å². The van der Waals surface area contributed by atoms with Crippen molar-refractivity contribution >= 4 is 23.2 Å². The molecule has 0 N–H and O–H groups in total. The van der Waals surface area contributed by atoms with Gasteiger partial charge in [0.15, 0.2) is 0 Å². The van der Waals surface area contributed by atoms with Gasteiger partial charge in [0.05, 0.1) is 6.07 Å². The van der Waals surface area contributed by atoms with Gasteiger partial charge in [-0.15, -0.1) is 23.2 Å². The summed E-state index contributed by atoms with van der Waals surface area (Å²) in [6.45, 7) is 0. The third-order valence-corrected chi connectivity index (χ3v) is 5.75. The monoisotopic (exact) mass is 330 g/mol. The standard InChI is InChI=1S/C15H20Cl2N2O2/c16-14-2-1-3-15(17)13(14)8-11(9-18)10-4-6-12(7-5-10)19(20)21/h8,10,12-15H,1-7H2/b11-8-/t10?,12?,14-,15-/m1/s1. The number of alkyl halides is 2. The van der Waals surface area contributed by atoms with Gasteiger partial charge in [-0.1, -0.05) is 12.5 Å². The lowest BCUT2D eigenvalue weighted by atomic mass is 9.79. The molecule has 2 aliphatic rings. The lowest BCUT2D eigenvalue weighted by Gasteiger charge is -2.31. The molecule has 0 aromatic carbocycles. The summed E-state index contributed by atoms with van der Waals surface area (Å²) in [6.07, 6.45) is 7.35.